The molecule has 0 radical (unpaired) electrons. The number of aliphatic hydroxyl groups excluding tert-OH is 1. The molecular formula is C20H23N3O5. The van der Waals surface area contributed by atoms with Crippen LogP contribution in [0.15, 0.2) is 48.2 Å². The summed E-state index contributed by atoms with van der Waals surface area (Å²) in [5.41, 5.74) is 6.28. The van der Waals surface area contributed by atoms with Gasteiger partial charge in [0.15, 0.2) is 0 Å². The Morgan fingerprint density at radius 1 is 1.29 bits per heavy atom. The van der Waals surface area contributed by atoms with Gasteiger partial charge in [-0.1, -0.05) is 30.3 Å². The van der Waals surface area contributed by atoms with Crippen LogP contribution in [-0.2, 0) is 14.3 Å². The first-order valence-corrected chi connectivity index (χ1v) is 8.73. The highest BCUT2D eigenvalue weighted by molar-refractivity contribution is 6.04. The smallest absolute Gasteiger partial charge is 0.325 e. The summed E-state index contributed by atoms with van der Waals surface area (Å²) in [6.45, 7) is 0.183. The molecule has 0 saturated carbocycles. The van der Waals surface area contributed by atoms with Gasteiger partial charge in [0.05, 0.1) is 13.7 Å². The molecule has 3 rings (SSSR count). The third-order valence-electron chi connectivity index (χ3n) is 4.20. The first-order chi connectivity index (χ1) is 13.5. The molecule has 0 aliphatic carbocycles. The second-order valence-electron chi connectivity index (χ2n) is 6.13. The monoisotopic (exact) mass is 385 g/mol. The molecular weight excluding hydrogens is 362 g/mol. The van der Waals surface area contributed by atoms with Crippen LogP contribution in [0.2, 0.25) is 0 Å². The van der Waals surface area contributed by atoms with E-state index in [0.717, 1.165) is 16.3 Å². The number of ether oxygens (including phenoxy) is 1. The van der Waals surface area contributed by atoms with Crippen molar-refractivity contribution in [2.24, 2.45) is 5.73 Å². The van der Waals surface area contributed by atoms with Gasteiger partial charge < -0.3 is 20.5 Å². The number of aromatic nitrogens is 1. The van der Waals surface area contributed by atoms with Gasteiger partial charge in [-0.05, 0) is 23.4 Å². The number of methoxy groups -OCH3 is 1. The van der Waals surface area contributed by atoms with Gasteiger partial charge in [0.2, 0.25) is 5.91 Å². The molecule has 1 aliphatic rings. The SMILES string of the molecule is COC(=O)CN1CC(CO)=CCCC1=O.NC(=O)c1nccc2ccccc12. The topological polar surface area (TPSA) is 123 Å². The summed E-state index contributed by atoms with van der Waals surface area (Å²) >= 11 is 0. The van der Waals surface area contributed by atoms with E-state index in [1.807, 2.05) is 36.4 Å². The summed E-state index contributed by atoms with van der Waals surface area (Å²) in [5.74, 6) is -1.01. The molecule has 1 aromatic carbocycles. The zero-order chi connectivity index (χ0) is 20.5. The molecule has 28 heavy (non-hydrogen) atoms. The Hall–Kier alpha value is -3.26. The summed E-state index contributed by atoms with van der Waals surface area (Å²) in [5, 5.41) is 10.8. The van der Waals surface area contributed by atoms with E-state index in [9.17, 15) is 14.4 Å². The van der Waals surface area contributed by atoms with Crippen molar-refractivity contribution in [1.29, 1.82) is 0 Å². The van der Waals surface area contributed by atoms with Gasteiger partial charge in [-0.3, -0.25) is 19.4 Å². The number of hydrogen-bond acceptors (Lipinski definition) is 6. The normalized spacial score (nSPS) is 13.9. The Kier molecular flexibility index (Phi) is 7.65. The number of fused-ring (bicyclic) bond motifs is 1. The number of allylic oxidation sites excluding steroid dienone is 1. The summed E-state index contributed by atoms with van der Waals surface area (Å²) in [6.07, 6.45) is 4.42. The van der Waals surface area contributed by atoms with Gasteiger partial charge >= 0.3 is 5.97 Å². The standard InChI is InChI=1S/C10H8N2O.C10H15NO4/c11-10(13)9-8-4-2-1-3-7(8)5-6-12-9;1-15-10(14)6-11-5-8(7-12)3-2-4-9(11)13/h1-6H,(H2,11,13);3,12H,2,4-7H2,1H3. The van der Waals surface area contributed by atoms with Crippen LogP contribution in [0.25, 0.3) is 10.8 Å². The molecule has 0 fully saturated rings. The molecule has 0 atom stereocenters. The third kappa shape index (κ3) is 5.62. The van der Waals surface area contributed by atoms with E-state index >= 15 is 0 Å². The van der Waals surface area contributed by atoms with Gasteiger partial charge in [-0.25, -0.2) is 0 Å². The van der Waals surface area contributed by atoms with Crippen LogP contribution in [0, 0.1) is 0 Å². The maximum Gasteiger partial charge on any atom is 0.325 e. The third-order valence-corrected chi connectivity index (χ3v) is 4.20. The largest absolute Gasteiger partial charge is 0.468 e. The highest BCUT2D eigenvalue weighted by Gasteiger charge is 2.20. The number of carbonyl (C=O) groups is 3. The van der Waals surface area contributed by atoms with Crippen LogP contribution in [0.1, 0.15) is 23.3 Å². The van der Waals surface area contributed by atoms with E-state index < -0.39 is 11.9 Å². The van der Waals surface area contributed by atoms with E-state index in [4.69, 9.17) is 10.8 Å². The molecule has 0 bridgehead atoms. The van der Waals surface area contributed by atoms with Crippen LogP contribution in [-0.4, -0.2) is 59.6 Å². The Morgan fingerprint density at radius 2 is 2.04 bits per heavy atom. The maximum absolute atomic E-state index is 11.5. The lowest BCUT2D eigenvalue weighted by molar-refractivity contribution is -0.146. The minimum Gasteiger partial charge on any atom is -0.468 e. The molecule has 2 amide bonds. The molecule has 8 heteroatoms. The first kappa shape index (κ1) is 21.0. The number of pyridine rings is 1. The van der Waals surface area contributed by atoms with E-state index in [0.29, 0.717) is 25.1 Å². The molecule has 2 aromatic rings. The number of rotatable bonds is 4. The Morgan fingerprint density at radius 3 is 2.71 bits per heavy atom. The van der Waals surface area contributed by atoms with Crippen molar-refractivity contribution in [2.45, 2.75) is 12.8 Å². The molecule has 0 spiro atoms. The molecule has 0 saturated heterocycles. The van der Waals surface area contributed by atoms with Crippen LogP contribution >= 0.6 is 0 Å². The zero-order valence-electron chi connectivity index (χ0n) is 15.6. The van der Waals surface area contributed by atoms with Crippen LogP contribution < -0.4 is 5.73 Å². The predicted octanol–water partition coefficient (Wildman–Crippen LogP) is 1.03. The number of hydrogen-bond donors (Lipinski definition) is 2. The number of aliphatic hydroxyl groups is 1. The minimum absolute atomic E-state index is 0.0489. The van der Waals surface area contributed by atoms with Gasteiger partial charge in [0.1, 0.15) is 12.2 Å². The second-order valence-corrected chi connectivity index (χ2v) is 6.13. The van der Waals surface area contributed by atoms with Crippen molar-refractivity contribution < 1.29 is 24.2 Å². The lowest BCUT2D eigenvalue weighted by Crippen LogP contribution is -2.36. The Balaban J connectivity index is 0.000000202. The fourth-order valence-corrected chi connectivity index (χ4v) is 2.75. The van der Waals surface area contributed by atoms with Crippen molar-refractivity contribution >= 4 is 28.6 Å². The van der Waals surface area contributed by atoms with Gasteiger partial charge in [-0.15, -0.1) is 0 Å². The summed E-state index contributed by atoms with van der Waals surface area (Å²) in [6, 6.07) is 9.37. The molecule has 1 aromatic heterocycles. The average Bonchev–Trinajstić information content (AvgIpc) is 2.89. The average molecular weight is 385 g/mol. The van der Waals surface area contributed by atoms with Crippen LogP contribution in [0.3, 0.4) is 0 Å². The van der Waals surface area contributed by atoms with Crippen molar-refractivity contribution in [2.75, 3.05) is 26.8 Å². The van der Waals surface area contributed by atoms with Crippen molar-refractivity contribution in [3.63, 3.8) is 0 Å². The van der Waals surface area contributed by atoms with Crippen molar-refractivity contribution in [1.82, 2.24) is 9.88 Å². The van der Waals surface area contributed by atoms with E-state index in [-0.39, 0.29) is 19.1 Å². The number of amides is 2. The van der Waals surface area contributed by atoms with Crippen LogP contribution in [0.4, 0.5) is 0 Å². The number of carbonyl (C=O) groups excluding carboxylic acids is 3. The molecule has 8 nitrogen and oxygen atoms in total. The Labute approximate surface area is 162 Å². The van der Waals surface area contributed by atoms with E-state index in [1.165, 1.54) is 12.0 Å². The zero-order valence-corrected chi connectivity index (χ0v) is 15.6. The van der Waals surface area contributed by atoms with Crippen molar-refractivity contribution in [3.8, 4) is 0 Å². The molecule has 3 N–H and O–H groups in total. The van der Waals surface area contributed by atoms with E-state index in [2.05, 4.69) is 9.72 Å². The number of nitrogens with two attached hydrogens (primary N) is 1. The summed E-state index contributed by atoms with van der Waals surface area (Å²) in [7, 11) is 1.29. The van der Waals surface area contributed by atoms with E-state index in [1.54, 1.807) is 6.20 Å². The number of benzene rings is 1. The molecule has 1 aliphatic heterocycles. The predicted molar refractivity (Wildman–Crippen MR) is 103 cm³/mol. The molecule has 0 unspecified atom stereocenters. The lowest BCUT2D eigenvalue weighted by atomic mass is 10.1. The quantitative estimate of drug-likeness (QED) is 0.599. The highest BCUT2D eigenvalue weighted by atomic mass is 16.5. The van der Waals surface area contributed by atoms with Crippen LogP contribution in [0.5, 0.6) is 0 Å². The summed E-state index contributed by atoms with van der Waals surface area (Å²) < 4.78 is 4.50. The molecule has 2 heterocycles. The minimum atomic E-state index is -0.489. The fourth-order valence-electron chi connectivity index (χ4n) is 2.75. The number of primary amides is 1. The van der Waals surface area contributed by atoms with Gasteiger partial charge in [0.25, 0.3) is 5.91 Å². The fraction of sp³-hybridized carbons (Fsp3) is 0.300. The second kappa shape index (κ2) is 10.2. The lowest BCUT2D eigenvalue weighted by Gasteiger charge is -2.20. The maximum atomic E-state index is 11.5. The highest BCUT2D eigenvalue weighted by Crippen LogP contribution is 2.15. The van der Waals surface area contributed by atoms with Crippen molar-refractivity contribution in [3.05, 3.63) is 53.9 Å². The first-order valence-electron chi connectivity index (χ1n) is 8.73. The number of esters is 1. The van der Waals surface area contributed by atoms with Gasteiger partial charge in [0, 0.05) is 24.5 Å². The summed E-state index contributed by atoms with van der Waals surface area (Å²) in [4.78, 5) is 38.9. The van der Waals surface area contributed by atoms with Gasteiger partial charge in [-0.2, -0.15) is 0 Å². The number of nitrogens with zero attached hydrogens (tertiary/aromatic N) is 2. The Bertz CT molecular complexity index is 889. The molecule has 148 valence electrons.